The minimum atomic E-state index is -2.96. The molecular weight excluding hydrogens is 537 g/mol. The molecule has 12 heteroatoms. The first-order valence-electron chi connectivity index (χ1n) is 13.6. The summed E-state index contributed by atoms with van der Waals surface area (Å²) in [5.74, 6) is -0.149. The summed E-state index contributed by atoms with van der Waals surface area (Å²) in [4.78, 5) is 27.4. The minimum absolute atomic E-state index is 0.0704. The van der Waals surface area contributed by atoms with Crippen molar-refractivity contribution in [2.75, 3.05) is 24.5 Å². The van der Waals surface area contributed by atoms with E-state index in [1.54, 1.807) is 36.7 Å². The third-order valence-electron chi connectivity index (χ3n) is 8.63. The average Bonchev–Trinajstić information content (AvgIpc) is 3.46. The number of hydrogen-bond donors (Lipinski definition) is 2. The lowest BCUT2D eigenvalue weighted by molar-refractivity contribution is -0.144. The van der Waals surface area contributed by atoms with E-state index >= 15 is 4.39 Å². The van der Waals surface area contributed by atoms with Gasteiger partial charge in [-0.25, -0.2) is 19.3 Å². The van der Waals surface area contributed by atoms with Crippen molar-refractivity contribution < 1.29 is 27.8 Å². The van der Waals surface area contributed by atoms with Crippen molar-refractivity contribution in [3.63, 3.8) is 0 Å². The molecule has 4 heterocycles. The van der Waals surface area contributed by atoms with Crippen molar-refractivity contribution in [3.8, 4) is 16.9 Å². The summed E-state index contributed by atoms with van der Waals surface area (Å²) in [5.41, 5.74) is 2.47. The number of ether oxygens (including phenoxy) is 1. The van der Waals surface area contributed by atoms with E-state index in [-0.39, 0.29) is 23.5 Å². The van der Waals surface area contributed by atoms with E-state index in [1.807, 2.05) is 9.47 Å². The van der Waals surface area contributed by atoms with Crippen LogP contribution in [0.25, 0.3) is 22.2 Å². The first-order valence-corrected chi connectivity index (χ1v) is 13.6. The van der Waals surface area contributed by atoms with Gasteiger partial charge in [-0.15, -0.1) is 0 Å². The summed E-state index contributed by atoms with van der Waals surface area (Å²) < 4.78 is 48.4. The summed E-state index contributed by atoms with van der Waals surface area (Å²) in [6, 6.07) is 9.33. The summed E-state index contributed by atoms with van der Waals surface area (Å²) in [6.45, 7) is -0.900. The second-order valence-corrected chi connectivity index (χ2v) is 10.9. The van der Waals surface area contributed by atoms with Gasteiger partial charge in [0.2, 0.25) is 5.95 Å². The van der Waals surface area contributed by atoms with Gasteiger partial charge in [-0.1, -0.05) is 18.2 Å². The SMILES string of the molecule is O=C(O)[C@H]1C2CC[C@@H]1CN(c1ncc(-c3cc4c(cc3F)nc3n4C(c4ccccc4OC(F)F)CNC3)cn1)C2. The van der Waals surface area contributed by atoms with Crippen LogP contribution in [-0.4, -0.2) is 56.8 Å². The molecule has 4 aromatic rings. The Morgan fingerprint density at radius 1 is 1.10 bits per heavy atom. The van der Waals surface area contributed by atoms with Crippen molar-refractivity contribution in [1.82, 2.24) is 24.8 Å². The third-order valence-corrected chi connectivity index (χ3v) is 8.63. The molecule has 2 unspecified atom stereocenters. The highest BCUT2D eigenvalue weighted by Crippen LogP contribution is 2.43. The maximum Gasteiger partial charge on any atom is 0.387 e. The molecule has 1 aliphatic carbocycles. The van der Waals surface area contributed by atoms with Gasteiger partial charge in [0, 0.05) is 54.8 Å². The number of hydrogen-bond acceptors (Lipinski definition) is 7. The number of imidazole rings is 1. The smallest absolute Gasteiger partial charge is 0.387 e. The zero-order valence-corrected chi connectivity index (χ0v) is 21.9. The topological polar surface area (TPSA) is 105 Å². The van der Waals surface area contributed by atoms with Gasteiger partial charge in [0.15, 0.2) is 0 Å². The van der Waals surface area contributed by atoms with Crippen LogP contribution in [0.1, 0.15) is 30.3 Å². The van der Waals surface area contributed by atoms with Crippen LogP contribution in [0.3, 0.4) is 0 Å². The number of halogens is 3. The zero-order chi connectivity index (χ0) is 28.2. The molecule has 9 nitrogen and oxygen atoms in total. The van der Waals surface area contributed by atoms with E-state index in [2.05, 4.69) is 20.3 Å². The maximum absolute atomic E-state index is 15.4. The van der Waals surface area contributed by atoms with Gasteiger partial charge in [0.25, 0.3) is 0 Å². The second kappa shape index (κ2) is 10.0. The van der Waals surface area contributed by atoms with E-state index in [4.69, 9.17) is 4.74 Å². The first-order chi connectivity index (χ1) is 19.9. The lowest BCUT2D eigenvalue weighted by Gasteiger charge is -2.35. The predicted molar refractivity (Wildman–Crippen MR) is 143 cm³/mol. The number of anilines is 1. The molecule has 4 atom stereocenters. The maximum atomic E-state index is 15.4. The number of piperidine rings is 1. The molecule has 0 amide bonds. The van der Waals surface area contributed by atoms with Gasteiger partial charge in [-0.05, 0) is 36.8 Å². The molecule has 0 radical (unpaired) electrons. The highest BCUT2D eigenvalue weighted by Gasteiger charge is 2.46. The van der Waals surface area contributed by atoms with Crippen LogP contribution in [0, 0.1) is 23.6 Å². The van der Waals surface area contributed by atoms with Crippen LogP contribution in [0.15, 0.2) is 48.8 Å². The highest BCUT2D eigenvalue weighted by molar-refractivity contribution is 5.83. The van der Waals surface area contributed by atoms with Gasteiger partial charge >= 0.3 is 12.6 Å². The van der Waals surface area contributed by atoms with Crippen LogP contribution >= 0.6 is 0 Å². The van der Waals surface area contributed by atoms with E-state index in [9.17, 15) is 18.7 Å². The lowest BCUT2D eigenvalue weighted by Crippen LogP contribution is -2.45. The number of para-hydroxylation sites is 1. The van der Waals surface area contributed by atoms with Gasteiger partial charge in [0.1, 0.15) is 17.4 Å². The van der Waals surface area contributed by atoms with Crippen LogP contribution < -0.4 is 15.0 Å². The van der Waals surface area contributed by atoms with Gasteiger partial charge in [0.05, 0.1) is 29.5 Å². The Labute approximate surface area is 233 Å². The first kappa shape index (κ1) is 25.8. The third kappa shape index (κ3) is 4.46. The minimum Gasteiger partial charge on any atom is -0.481 e. The molecule has 0 spiro atoms. The number of rotatable bonds is 6. The summed E-state index contributed by atoms with van der Waals surface area (Å²) in [7, 11) is 0. The Kier molecular flexibility index (Phi) is 6.29. The number of nitrogens with zero attached hydrogens (tertiary/aromatic N) is 5. The van der Waals surface area contributed by atoms with Crippen LogP contribution in [-0.2, 0) is 11.3 Å². The molecule has 1 saturated carbocycles. The Morgan fingerprint density at radius 2 is 1.83 bits per heavy atom. The molecule has 2 bridgehead atoms. The van der Waals surface area contributed by atoms with Crippen LogP contribution in [0.2, 0.25) is 0 Å². The molecule has 41 heavy (non-hydrogen) atoms. The van der Waals surface area contributed by atoms with Crippen molar-refractivity contribution in [3.05, 3.63) is 66.0 Å². The van der Waals surface area contributed by atoms with E-state index in [0.29, 0.717) is 65.7 Å². The number of aliphatic carboxylic acids is 1. The molecule has 7 rings (SSSR count). The predicted octanol–water partition coefficient (Wildman–Crippen LogP) is 4.47. The zero-order valence-electron chi connectivity index (χ0n) is 21.9. The van der Waals surface area contributed by atoms with Gasteiger partial charge in [-0.2, -0.15) is 8.78 Å². The van der Waals surface area contributed by atoms with Crippen molar-refractivity contribution >= 4 is 23.0 Å². The fraction of sp³-hybridized carbons (Fsp3) is 0.379. The number of carbonyl (C=O) groups is 1. The number of alkyl halides is 2. The largest absolute Gasteiger partial charge is 0.481 e. The highest BCUT2D eigenvalue weighted by atomic mass is 19.3. The summed E-state index contributed by atoms with van der Waals surface area (Å²) >= 11 is 0. The lowest BCUT2D eigenvalue weighted by atomic mass is 9.85. The fourth-order valence-corrected chi connectivity index (χ4v) is 6.89. The molecule has 2 aromatic heterocycles. The van der Waals surface area contributed by atoms with Crippen LogP contribution in [0.4, 0.5) is 19.1 Å². The Morgan fingerprint density at radius 3 is 2.54 bits per heavy atom. The molecule has 1 saturated heterocycles. The quantitative estimate of drug-likeness (QED) is 0.354. The molecule has 2 fully saturated rings. The normalized spacial score (nSPS) is 23.7. The molecular formula is C29H27F3N6O3. The molecule has 3 aliphatic rings. The number of carboxylic acid groups (broad SMARTS) is 1. The van der Waals surface area contributed by atoms with Gasteiger partial charge < -0.3 is 24.6 Å². The molecule has 2 aromatic carbocycles. The van der Waals surface area contributed by atoms with Crippen molar-refractivity contribution in [1.29, 1.82) is 0 Å². The fourth-order valence-electron chi connectivity index (χ4n) is 6.89. The Bertz CT molecular complexity index is 1610. The number of carboxylic acids is 1. The Hall–Kier alpha value is -4.19. The van der Waals surface area contributed by atoms with E-state index in [0.717, 1.165) is 12.8 Å². The van der Waals surface area contributed by atoms with E-state index < -0.39 is 24.4 Å². The number of fused-ring (bicyclic) bond motifs is 5. The number of nitrogens with one attached hydrogen (secondary N) is 1. The second-order valence-electron chi connectivity index (χ2n) is 10.9. The molecule has 2 N–H and O–H groups in total. The van der Waals surface area contributed by atoms with Crippen molar-refractivity contribution in [2.45, 2.75) is 32.0 Å². The van der Waals surface area contributed by atoms with E-state index in [1.165, 1.54) is 12.1 Å². The monoisotopic (exact) mass is 564 g/mol. The number of aromatic nitrogens is 4. The standard InChI is InChI=1S/C29H27F3N6O3/c30-20-8-21-22(38-23(11-33-12-25(38)36-21)18-3-1-2-4-24(18)41-28(31)32)7-19(20)17-9-34-29(35-10-17)37-13-15-5-6-16(14-37)26(15)27(39)40/h1-4,7-10,15-16,23,26,28,33H,5-6,11-14H2,(H,39,40)/t15-,16?,23?,26-/m1/s1. The summed E-state index contributed by atoms with van der Waals surface area (Å²) in [5, 5.41) is 12.9. The summed E-state index contributed by atoms with van der Waals surface area (Å²) in [6.07, 6.45) is 4.92. The molecule has 212 valence electrons. The average molecular weight is 565 g/mol. The number of benzene rings is 2. The molecule has 2 aliphatic heterocycles. The van der Waals surface area contributed by atoms with Crippen LogP contribution in [0.5, 0.6) is 5.75 Å². The van der Waals surface area contributed by atoms with Crippen molar-refractivity contribution in [2.24, 2.45) is 17.8 Å². The van der Waals surface area contributed by atoms with Gasteiger partial charge in [-0.3, -0.25) is 4.79 Å². The Balaban J connectivity index is 1.22.